The van der Waals surface area contributed by atoms with Gasteiger partial charge in [0.1, 0.15) is 11.8 Å². The molecule has 1 atom stereocenters. The first-order valence-corrected chi connectivity index (χ1v) is 13.5. The largest absolute Gasteiger partial charge is 0.497 e. The van der Waals surface area contributed by atoms with E-state index in [0.29, 0.717) is 34.4 Å². The fourth-order valence-electron chi connectivity index (χ4n) is 4.51. The molecule has 4 rings (SSSR count). The van der Waals surface area contributed by atoms with Gasteiger partial charge in [-0.25, -0.2) is 0 Å². The molecule has 0 fully saturated rings. The molecule has 0 aliphatic heterocycles. The first kappa shape index (κ1) is 29.5. The van der Waals surface area contributed by atoms with E-state index in [9.17, 15) is 9.59 Å². The number of benzene rings is 4. The number of rotatable bonds is 12. The molecule has 4 aromatic rings. The van der Waals surface area contributed by atoms with Crippen LogP contribution < -0.4 is 19.5 Å². The topological polar surface area (TPSA) is 77.1 Å². The minimum absolute atomic E-state index is 0.0598. The molecule has 7 nitrogen and oxygen atoms in total. The van der Waals surface area contributed by atoms with Crippen LogP contribution in [0.3, 0.4) is 0 Å². The van der Waals surface area contributed by atoms with E-state index in [4.69, 9.17) is 25.8 Å². The Labute approximate surface area is 245 Å². The molecule has 0 saturated heterocycles. The van der Waals surface area contributed by atoms with Crippen LogP contribution in [-0.4, -0.2) is 38.0 Å². The summed E-state index contributed by atoms with van der Waals surface area (Å²) in [4.78, 5) is 29.5. The number of halogens is 1. The van der Waals surface area contributed by atoms with E-state index >= 15 is 0 Å². The second-order valence-corrected chi connectivity index (χ2v) is 9.83. The van der Waals surface area contributed by atoms with Crippen molar-refractivity contribution in [3.63, 3.8) is 0 Å². The molecule has 0 heterocycles. The van der Waals surface area contributed by atoms with Crippen molar-refractivity contribution in [3.05, 3.63) is 124 Å². The van der Waals surface area contributed by atoms with Gasteiger partial charge in [0.2, 0.25) is 11.8 Å². The summed E-state index contributed by atoms with van der Waals surface area (Å²) in [5, 5.41) is 3.64. The lowest BCUT2D eigenvalue weighted by Gasteiger charge is -2.32. The molecule has 0 aromatic heterocycles. The Morgan fingerprint density at radius 3 is 2.02 bits per heavy atom. The van der Waals surface area contributed by atoms with E-state index in [0.717, 1.165) is 16.7 Å². The Bertz CT molecular complexity index is 1440. The Morgan fingerprint density at radius 1 is 0.756 bits per heavy atom. The second-order valence-electron chi connectivity index (χ2n) is 9.39. The number of hydrogen-bond donors (Lipinski definition) is 1. The molecular weight excluding hydrogens is 540 g/mol. The monoisotopic (exact) mass is 572 g/mol. The first-order chi connectivity index (χ1) is 19.9. The van der Waals surface area contributed by atoms with E-state index < -0.39 is 6.04 Å². The summed E-state index contributed by atoms with van der Waals surface area (Å²) in [7, 11) is 4.71. The van der Waals surface area contributed by atoms with E-state index in [2.05, 4.69) is 5.32 Å². The third kappa shape index (κ3) is 7.80. The van der Waals surface area contributed by atoms with Gasteiger partial charge < -0.3 is 24.4 Å². The maximum Gasteiger partial charge on any atom is 0.247 e. The highest BCUT2D eigenvalue weighted by atomic mass is 35.5. The fourth-order valence-corrected chi connectivity index (χ4v) is 4.64. The van der Waals surface area contributed by atoms with Crippen LogP contribution >= 0.6 is 11.6 Å². The summed E-state index contributed by atoms with van der Waals surface area (Å²) in [5.74, 6) is 1.29. The average molecular weight is 573 g/mol. The number of nitrogens with zero attached hydrogens (tertiary/aromatic N) is 1. The fraction of sp³-hybridized carbons (Fsp3) is 0.212. The third-order valence-corrected chi connectivity index (χ3v) is 6.94. The first-order valence-electron chi connectivity index (χ1n) is 13.1. The maximum atomic E-state index is 14.1. The van der Waals surface area contributed by atoms with Gasteiger partial charge >= 0.3 is 0 Å². The molecule has 0 spiro atoms. The highest BCUT2D eigenvalue weighted by Gasteiger charge is 2.31. The standard InChI is InChI=1S/C33H33ClN2O5/c1-39-28-16-11-24(12-17-28)22-36(31(37)20-25-13-18-29(40-2)30(19-25)41-3)32(26-7-5-4-6-8-26)33(38)35-21-23-9-14-27(34)15-10-23/h4-19,32H,20-22H2,1-3H3,(H,35,38)/t32-/m0/s1. The smallest absolute Gasteiger partial charge is 0.247 e. The molecule has 2 amide bonds. The van der Waals surface area contributed by atoms with Gasteiger partial charge in [-0.15, -0.1) is 0 Å². The van der Waals surface area contributed by atoms with E-state index in [-0.39, 0.29) is 24.8 Å². The number of carbonyl (C=O) groups is 2. The summed E-state index contributed by atoms with van der Waals surface area (Å²) in [6.07, 6.45) is 0.0598. The van der Waals surface area contributed by atoms with Gasteiger partial charge in [0.25, 0.3) is 0 Å². The molecule has 4 aromatic carbocycles. The van der Waals surface area contributed by atoms with Crippen molar-refractivity contribution in [1.29, 1.82) is 0 Å². The van der Waals surface area contributed by atoms with Gasteiger partial charge in [0.15, 0.2) is 11.5 Å². The van der Waals surface area contributed by atoms with Gasteiger partial charge in [0, 0.05) is 18.1 Å². The van der Waals surface area contributed by atoms with Gasteiger partial charge in [-0.2, -0.15) is 0 Å². The van der Waals surface area contributed by atoms with Crippen molar-refractivity contribution in [1.82, 2.24) is 10.2 Å². The molecule has 0 aliphatic carbocycles. The molecule has 0 aliphatic rings. The molecule has 0 unspecified atom stereocenters. The minimum atomic E-state index is -0.877. The van der Waals surface area contributed by atoms with Crippen molar-refractivity contribution in [2.75, 3.05) is 21.3 Å². The minimum Gasteiger partial charge on any atom is -0.497 e. The van der Waals surface area contributed by atoms with Crippen molar-refractivity contribution < 1.29 is 23.8 Å². The Morgan fingerprint density at radius 2 is 1.39 bits per heavy atom. The van der Waals surface area contributed by atoms with Crippen LogP contribution in [0.1, 0.15) is 28.3 Å². The number of hydrogen-bond acceptors (Lipinski definition) is 5. The lowest BCUT2D eigenvalue weighted by atomic mass is 10.0. The summed E-state index contributed by atoms with van der Waals surface area (Å²) < 4.78 is 16.1. The zero-order chi connectivity index (χ0) is 29.2. The Kier molecular flexibility index (Phi) is 10.2. The zero-order valence-electron chi connectivity index (χ0n) is 23.3. The van der Waals surface area contributed by atoms with Gasteiger partial charge in [-0.3, -0.25) is 9.59 Å². The molecule has 0 bridgehead atoms. The van der Waals surface area contributed by atoms with Crippen LogP contribution in [0.4, 0.5) is 0 Å². The number of ether oxygens (including phenoxy) is 3. The molecule has 0 saturated carbocycles. The number of nitrogens with one attached hydrogen (secondary N) is 1. The van der Waals surface area contributed by atoms with Gasteiger partial charge in [-0.05, 0) is 58.7 Å². The highest BCUT2D eigenvalue weighted by Crippen LogP contribution is 2.30. The van der Waals surface area contributed by atoms with Crippen molar-refractivity contribution in [2.45, 2.75) is 25.6 Å². The van der Waals surface area contributed by atoms with Crippen molar-refractivity contribution in [3.8, 4) is 17.2 Å². The predicted molar refractivity (Wildman–Crippen MR) is 159 cm³/mol. The lowest BCUT2D eigenvalue weighted by Crippen LogP contribution is -2.43. The van der Waals surface area contributed by atoms with E-state index in [1.807, 2.05) is 72.8 Å². The van der Waals surface area contributed by atoms with E-state index in [1.165, 1.54) is 0 Å². The highest BCUT2D eigenvalue weighted by molar-refractivity contribution is 6.30. The van der Waals surface area contributed by atoms with E-state index in [1.54, 1.807) is 50.5 Å². The second kappa shape index (κ2) is 14.2. The van der Waals surface area contributed by atoms with Crippen LogP contribution in [-0.2, 0) is 29.1 Å². The summed E-state index contributed by atoms with van der Waals surface area (Å²) in [6.45, 7) is 0.504. The number of carbonyl (C=O) groups excluding carboxylic acids is 2. The van der Waals surface area contributed by atoms with Crippen LogP contribution in [0.15, 0.2) is 97.1 Å². The summed E-state index contributed by atoms with van der Waals surface area (Å²) in [5.41, 5.74) is 3.20. The predicted octanol–water partition coefficient (Wildman–Crippen LogP) is 5.99. The third-order valence-electron chi connectivity index (χ3n) is 6.69. The maximum absolute atomic E-state index is 14.1. The molecule has 212 valence electrons. The summed E-state index contributed by atoms with van der Waals surface area (Å²) >= 11 is 6.03. The Balaban J connectivity index is 1.68. The van der Waals surface area contributed by atoms with Crippen LogP contribution in [0.25, 0.3) is 0 Å². The molecule has 8 heteroatoms. The average Bonchev–Trinajstić information content (AvgIpc) is 3.01. The molecule has 41 heavy (non-hydrogen) atoms. The lowest BCUT2D eigenvalue weighted by molar-refractivity contribution is -0.141. The molecule has 1 N–H and O–H groups in total. The van der Waals surface area contributed by atoms with Crippen molar-refractivity contribution in [2.24, 2.45) is 0 Å². The van der Waals surface area contributed by atoms with Crippen LogP contribution in [0.2, 0.25) is 5.02 Å². The number of amides is 2. The zero-order valence-corrected chi connectivity index (χ0v) is 24.1. The van der Waals surface area contributed by atoms with Gasteiger partial charge in [0.05, 0.1) is 27.8 Å². The normalized spacial score (nSPS) is 11.3. The SMILES string of the molecule is COc1ccc(CN(C(=O)Cc2ccc(OC)c(OC)c2)[C@H](C(=O)NCc2ccc(Cl)cc2)c2ccccc2)cc1. The van der Waals surface area contributed by atoms with Crippen LogP contribution in [0.5, 0.6) is 17.2 Å². The van der Waals surface area contributed by atoms with Crippen LogP contribution in [0, 0.1) is 0 Å². The summed E-state index contributed by atoms with van der Waals surface area (Å²) in [6, 6.07) is 28.5. The number of methoxy groups -OCH3 is 3. The van der Waals surface area contributed by atoms with Crippen molar-refractivity contribution >= 4 is 23.4 Å². The molecule has 0 radical (unpaired) electrons. The quantitative estimate of drug-likeness (QED) is 0.225. The molecular formula is C33H33ClN2O5. The Hall–Kier alpha value is -4.49. The van der Waals surface area contributed by atoms with Gasteiger partial charge in [-0.1, -0.05) is 72.3 Å².